The van der Waals surface area contributed by atoms with E-state index < -0.39 is 23.3 Å². The Labute approximate surface area is 228 Å². The van der Waals surface area contributed by atoms with E-state index in [0.717, 1.165) is 30.2 Å². The maximum Gasteiger partial charge on any atom is 0.335 e. The number of piperidine rings is 1. The molecule has 0 unspecified atom stereocenters. The predicted molar refractivity (Wildman–Crippen MR) is 142 cm³/mol. The molecule has 0 radical (unpaired) electrons. The van der Waals surface area contributed by atoms with Crippen molar-refractivity contribution < 1.29 is 19.5 Å². The lowest BCUT2D eigenvalue weighted by molar-refractivity contribution is 0.0634. The first-order chi connectivity index (χ1) is 19.2. The van der Waals surface area contributed by atoms with E-state index in [0.29, 0.717) is 24.5 Å². The molecule has 202 valence electrons. The van der Waals surface area contributed by atoms with E-state index in [-0.39, 0.29) is 33.9 Å². The smallest absolute Gasteiger partial charge is 0.335 e. The highest BCUT2D eigenvalue weighted by atomic mass is 16.4. The summed E-state index contributed by atoms with van der Waals surface area (Å²) < 4.78 is 3.05. The van der Waals surface area contributed by atoms with Crippen LogP contribution in [0.1, 0.15) is 56.0 Å². The highest BCUT2D eigenvalue weighted by Crippen LogP contribution is 2.32. The zero-order valence-corrected chi connectivity index (χ0v) is 21.9. The molecule has 0 spiro atoms. The molecule has 1 saturated heterocycles. The van der Waals surface area contributed by atoms with Crippen molar-refractivity contribution >= 4 is 23.5 Å². The van der Waals surface area contributed by atoms with Crippen molar-refractivity contribution in [3.8, 4) is 11.8 Å². The molecule has 0 saturated carbocycles. The number of fused-ring (bicyclic) bond motifs is 1. The van der Waals surface area contributed by atoms with Gasteiger partial charge in [-0.3, -0.25) is 19.1 Å². The van der Waals surface area contributed by atoms with Crippen LogP contribution in [-0.4, -0.2) is 55.1 Å². The van der Waals surface area contributed by atoms with Gasteiger partial charge in [-0.15, -0.1) is 10.2 Å². The number of hydrogen-bond acceptors (Lipinski definition) is 8. The monoisotopic (exact) mass is 539 g/mol. The number of carboxylic acids is 1. The van der Waals surface area contributed by atoms with Gasteiger partial charge in [0.2, 0.25) is 5.70 Å². The summed E-state index contributed by atoms with van der Waals surface area (Å²) in [6.07, 6.45) is 2.48. The number of allylic oxidation sites excluding steroid dienone is 1. The molecule has 0 atom stereocenters. The van der Waals surface area contributed by atoms with Gasteiger partial charge in [0, 0.05) is 20.1 Å². The summed E-state index contributed by atoms with van der Waals surface area (Å²) >= 11 is 0. The standard InChI is InChI=1S/C28H25N7O5/c1-17-23(27(38)35(32(17)2)19-9-5-3-6-10-19)31-30-22(16-29)24(33-13-7-4-8-14-33)34-25(36)20-12-11-18(28(39)40)15-21(20)26(34)37/h3,5-6,9-12,15H,4,7-8,13-14H2,1-2H3,(H,39,40)/b24-22+,31-30?. The molecule has 2 aliphatic heterocycles. The molecule has 2 aromatic carbocycles. The SMILES string of the molecule is Cc1c(N=N/C(C#N)=C(\N2CCCCC2)N2C(=O)c3ccc(C(=O)O)cc3C2=O)c(=O)n(-c2ccccc2)n1C. The van der Waals surface area contributed by atoms with Crippen LogP contribution < -0.4 is 5.56 Å². The first-order valence-electron chi connectivity index (χ1n) is 12.7. The fourth-order valence-corrected chi connectivity index (χ4v) is 4.96. The highest BCUT2D eigenvalue weighted by Gasteiger charge is 2.42. The maximum absolute atomic E-state index is 13.5. The molecular formula is C28H25N7O5. The fraction of sp³-hybridized carbons (Fsp3) is 0.250. The summed E-state index contributed by atoms with van der Waals surface area (Å²) in [7, 11) is 1.70. The minimum absolute atomic E-state index is 0.00515. The normalized spacial score (nSPS) is 15.8. The average Bonchev–Trinajstić information content (AvgIpc) is 3.34. The minimum atomic E-state index is -1.24. The number of rotatable bonds is 6. The number of aromatic nitrogens is 2. The van der Waals surface area contributed by atoms with Crippen LogP contribution in [0.2, 0.25) is 0 Å². The highest BCUT2D eigenvalue weighted by molar-refractivity contribution is 6.23. The van der Waals surface area contributed by atoms with Gasteiger partial charge in [0.15, 0.2) is 11.5 Å². The summed E-state index contributed by atoms with van der Waals surface area (Å²) in [6, 6.07) is 14.6. The Bertz CT molecular complexity index is 1700. The second kappa shape index (κ2) is 10.5. The third-order valence-electron chi connectivity index (χ3n) is 7.09. The number of para-hydroxylation sites is 1. The second-order valence-electron chi connectivity index (χ2n) is 9.45. The maximum atomic E-state index is 13.5. The van der Waals surface area contributed by atoms with Crippen LogP contribution in [0, 0.1) is 18.3 Å². The quantitative estimate of drug-likeness (QED) is 0.284. The molecule has 3 heterocycles. The zero-order valence-electron chi connectivity index (χ0n) is 21.9. The van der Waals surface area contributed by atoms with Crippen LogP contribution in [0.25, 0.3) is 5.69 Å². The molecule has 1 N–H and O–H groups in total. The van der Waals surface area contributed by atoms with Crippen LogP contribution >= 0.6 is 0 Å². The molecule has 2 aliphatic rings. The molecule has 12 heteroatoms. The van der Waals surface area contributed by atoms with Crippen molar-refractivity contribution in [2.24, 2.45) is 17.3 Å². The lowest BCUT2D eigenvalue weighted by atomic mass is 10.1. The van der Waals surface area contributed by atoms with Gasteiger partial charge in [-0.25, -0.2) is 14.4 Å². The first kappa shape index (κ1) is 26.3. The molecule has 40 heavy (non-hydrogen) atoms. The number of carboxylic acid groups (broad SMARTS) is 1. The lowest BCUT2D eigenvalue weighted by Crippen LogP contribution is -2.42. The molecule has 12 nitrogen and oxygen atoms in total. The number of aromatic carboxylic acids is 1. The van der Waals surface area contributed by atoms with Gasteiger partial charge in [-0.2, -0.15) is 5.26 Å². The van der Waals surface area contributed by atoms with E-state index in [9.17, 15) is 29.5 Å². The van der Waals surface area contributed by atoms with Gasteiger partial charge < -0.3 is 10.0 Å². The number of carbonyl (C=O) groups excluding carboxylic acids is 2. The summed E-state index contributed by atoms with van der Waals surface area (Å²) in [4.78, 5) is 54.3. The van der Waals surface area contributed by atoms with Crippen LogP contribution in [-0.2, 0) is 7.05 Å². The van der Waals surface area contributed by atoms with E-state index >= 15 is 0 Å². The van der Waals surface area contributed by atoms with E-state index in [1.54, 1.807) is 47.8 Å². The van der Waals surface area contributed by atoms with Crippen molar-refractivity contribution in [1.29, 1.82) is 5.26 Å². The summed E-state index contributed by atoms with van der Waals surface area (Å²) in [6.45, 7) is 2.63. The topological polar surface area (TPSA) is 153 Å². The Morgan fingerprint density at radius 3 is 2.30 bits per heavy atom. The molecule has 0 aliphatic carbocycles. The summed E-state index contributed by atoms with van der Waals surface area (Å²) in [5.41, 5.74) is 0.178. The Morgan fingerprint density at radius 1 is 0.975 bits per heavy atom. The van der Waals surface area contributed by atoms with Crippen LogP contribution in [0.3, 0.4) is 0 Å². The molecule has 1 aromatic heterocycles. The number of amides is 2. The number of likely N-dealkylation sites (tertiary alicyclic amines) is 1. The molecule has 1 fully saturated rings. The second-order valence-corrected chi connectivity index (χ2v) is 9.45. The van der Waals surface area contributed by atoms with Crippen molar-refractivity contribution in [3.63, 3.8) is 0 Å². The van der Waals surface area contributed by atoms with Crippen molar-refractivity contribution in [2.75, 3.05) is 13.1 Å². The summed E-state index contributed by atoms with van der Waals surface area (Å²) in [5, 5.41) is 27.8. The number of nitrogens with zero attached hydrogens (tertiary/aromatic N) is 7. The molecule has 0 bridgehead atoms. The third-order valence-corrected chi connectivity index (χ3v) is 7.09. The number of hydrogen-bond donors (Lipinski definition) is 1. The van der Waals surface area contributed by atoms with Crippen LogP contribution in [0.15, 0.2) is 75.1 Å². The van der Waals surface area contributed by atoms with Gasteiger partial charge in [0.25, 0.3) is 17.4 Å². The number of benzene rings is 2. The van der Waals surface area contributed by atoms with E-state index in [2.05, 4.69) is 10.2 Å². The Morgan fingerprint density at radius 2 is 1.65 bits per heavy atom. The molecular weight excluding hydrogens is 514 g/mol. The number of nitriles is 1. The minimum Gasteiger partial charge on any atom is -0.478 e. The van der Waals surface area contributed by atoms with Gasteiger partial charge in [0.05, 0.1) is 28.1 Å². The van der Waals surface area contributed by atoms with Crippen molar-refractivity contribution in [2.45, 2.75) is 26.2 Å². The largest absolute Gasteiger partial charge is 0.478 e. The number of imide groups is 1. The third kappa shape index (κ3) is 4.37. The summed E-state index contributed by atoms with van der Waals surface area (Å²) in [5.74, 6) is -2.72. The Hall–Kier alpha value is -5.31. The molecule has 2 amide bonds. The molecule has 5 rings (SSSR count). The van der Waals surface area contributed by atoms with E-state index in [1.165, 1.54) is 16.8 Å². The first-order valence-corrected chi connectivity index (χ1v) is 12.7. The number of azo groups is 1. The lowest BCUT2D eigenvalue weighted by Gasteiger charge is -2.34. The van der Waals surface area contributed by atoms with Crippen molar-refractivity contribution in [3.05, 3.63) is 92.8 Å². The zero-order chi connectivity index (χ0) is 28.6. The fourth-order valence-electron chi connectivity index (χ4n) is 4.96. The Balaban J connectivity index is 1.62. The van der Waals surface area contributed by atoms with Gasteiger partial charge in [-0.05, 0) is 56.5 Å². The predicted octanol–water partition coefficient (Wildman–Crippen LogP) is 3.74. The van der Waals surface area contributed by atoms with Gasteiger partial charge in [0.1, 0.15) is 6.07 Å². The van der Waals surface area contributed by atoms with Gasteiger partial charge in [-0.1, -0.05) is 18.2 Å². The van der Waals surface area contributed by atoms with Crippen LogP contribution in [0.4, 0.5) is 5.69 Å². The van der Waals surface area contributed by atoms with Gasteiger partial charge >= 0.3 is 5.97 Å². The average molecular weight is 540 g/mol. The molecule has 3 aromatic rings. The Kier molecular flexibility index (Phi) is 6.87. The van der Waals surface area contributed by atoms with E-state index in [1.807, 2.05) is 12.1 Å². The van der Waals surface area contributed by atoms with E-state index in [4.69, 9.17) is 0 Å². The van der Waals surface area contributed by atoms with Crippen molar-refractivity contribution in [1.82, 2.24) is 19.2 Å². The van der Waals surface area contributed by atoms with Crippen LogP contribution in [0.5, 0.6) is 0 Å². The number of carbonyl (C=O) groups is 3.